The van der Waals surface area contributed by atoms with Crippen LogP contribution in [0.25, 0.3) is 0 Å². The summed E-state index contributed by atoms with van der Waals surface area (Å²) in [4.78, 5) is 11.2. The number of hydrogen-bond acceptors (Lipinski definition) is 5. The van der Waals surface area contributed by atoms with Crippen molar-refractivity contribution in [1.29, 1.82) is 0 Å². The zero-order valence-corrected chi connectivity index (χ0v) is 14.5. The molecule has 0 atom stereocenters. The lowest BCUT2D eigenvalue weighted by molar-refractivity contribution is -0.142. The highest BCUT2D eigenvalue weighted by Crippen LogP contribution is 2.36. The van der Waals surface area contributed by atoms with E-state index in [-0.39, 0.29) is 6.61 Å². The molecule has 0 spiro atoms. The van der Waals surface area contributed by atoms with Crippen molar-refractivity contribution in [3.8, 4) is 11.5 Å². The Morgan fingerprint density at radius 1 is 1.33 bits per heavy atom. The molecule has 0 radical (unpaired) electrons. The second-order valence-corrected chi connectivity index (χ2v) is 5.85. The number of esters is 1. The second-order valence-electron chi connectivity index (χ2n) is 5.00. The number of ether oxygens (including phenoxy) is 3. The van der Waals surface area contributed by atoms with Crippen LogP contribution in [-0.2, 0) is 16.1 Å². The fourth-order valence-corrected chi connectivity index (χ4v) is 2.31. The number of nitrogens with one attached hydrogen (secondary N) is 1. The number of halogens is 1. The molecule has 0 aromatic heterocycles. The number of carbonyl (C=O) groups excluding carboxylic acids is 1. The van der Waals surface area contributed by atoms with Crippen molar-refractivity contribution in [2.45, 2.75) is 20.4 Å². The lowest BCUT2D eigenvalue weighted by Gasteiger charge is -2.14. The molecular formula is C15H22BrNO4. The molecule has 0 saturated carbocycles. The number of rotatable bonds is 8. The van der Waals surface area contributed by atoms with E-state index < -0.39 is 5.97 Å². The highest BCUT2D eigenvalue weighted by Gasteiger charge is 2.13. The van der Waals surface area contributed by atoms with Gasteiger partial charge in [-0.15, -0.1) is 0 Å². The average Bonchev–Trinajstić information content (AvgIpc) is 2.44. The molecule has 0 bridgehead atoms. The summed E-state index contributed by atoms with van der Waals surface area (Å²) in [6.45, 7) is 5.85. The first-order valence-electron chi connectivity index (χ1n) is 6.74. The third kappa shape index (κ3) is 5.93. The monoisotopic (exact) mass is 359 g/mol. The van der Waals surface area contributed by atoms with Gasteiger partial charge in [-0.1, -0.05) is 13.8 Å². The number of methoxy groups -OCH3 is 2. The first-order valence-corrected chi connectivity index (χ1v) is 7.54. The number of hydrogen-bond donors (Lipinski definition) is 1. The van der Waals surface area contributed by atoms with Gasteiger partial charge in [0.1, 0.15) is 0 Å². The van der Waals surface area contributed by atoms with Crippen molar-refractivity contribution in [3.05, 3.63) is 22.2 Å². The molecule has 0 saturated heterocycles. The predicted molar refractivity (Wildman–Crippen MR) is 84.7 cm³/mol. The number of benzene rings is 1. The van der Waals surface area contributed by atoms with Gasteiger partial charge in [0.15, 0.2) is 18.1 Å². The van der Waals surface area contributed by atoms with Crippen LogP contribution in [0.3, 0.4) is 0 Å². The minimum atomic E-state index is -0.438. The van der Waals surface area contributed by atoms with E-state index in [1.54, 1.807) is 7.11 Å². The maximum atomic E-state index is 11.2. The molecule has 1 aromatic rings. The van der Waals surface area contributed by atoms with Crippen LogP contribution in [0.15, 0.2) is 16.6 Å². The van der Waals surface area contributed by atoms with Gasteiger partial charge in [-0.05, 0) is 46.1 Å². The molecule has 5 nitrogen and oxygen atoms in total. The zero-order chi connectivity index (χ0) is 15.8. The van der Waals surface area contributed by atoms with E-state index >= 15 is 0 Å². The summed E-state index contributed by atoms with van der Waals surface area (Å²) in [5.41, 5.74) is 1.07. The van der Waals surface area contributed by atoms with Crippen LogP contribution in [0, 0.1) is 5.92 Å². The minimum Gasteiger partial charge on any atom is -0.493 e. The van der Waals surface area contributed by atoms with Gasteiger partial charge < -0.3 is 19.5 Å². The quantitative estimate of drug-likeness (QED) is 0.723. The molecule has 0 fully saturated rings. The number of carbonyl (C=O) groups is 1. The molecular weight excluding hydrogens is 338 g/mol. The Kier molecular flexibility index (Phi) is 7.53. The Morgan fingerprint density at radius 2 is 2.05 bits per heavy atom. The zero-order valence-electron chi connectivity index (χ0n) is 12.9. The van der Waals surface area contributed by atoms with E-state index in [0.717, 1.165) is 23.1 Å². The van der Waals surface area contributed by atoms with E-state index in [1.165, 1.54) is 7.11 Å². The molecule has 0 unspecified atom stereocenters. The maximum absolute atomic E-state index is 11.2. The first kappa shape index (κ1) is 17.8. The second kappa shape index (κ2) is 8.89. The van der Waals surface area contributed by atoms with E-state index in [4.69, 9.17) is 9.47 Å². The van der Waals surface area contributed by atoms with Crippen molar-refractivity contribution >= 4 is 21.9 Å². The van der Waals surface area contributed by atoms with Gasteiger partial charge in [-0.2, -0.15) is 0 Å². The average molecular weight is 360 g/mol. The summed E-state index contributed by atoms with van der Waals surface area (Å²) in [7, 11) is 2.89. The summed E-state index contributed by atoms with van der Waals surface area (Å²) in [6.07, 6.45) is 0. The lowest BCUT2D eigenvalue weighted by atomic mass is 10.2. The minimum absolute atomic E-state index is 0.156. The van der Waals surface area contributed by atoms with E-state index in [9.17, 15) is 4.79 Å². The third-order valence-electron chi connectivity index (χ3n) is 2.73. The third-order valence-corrected chi connectivity index (χ3v) is 3.32. The predicted octanol–water partition coefficient (Wildman–Crippen LogP) is 2.76. The van der Waals surface area contributed by atoms with Gasteiger partial charge >= 0.3 is 5.97 Å². The SMILES string of the molecule is COC(=O)COc1c(Br)cc(CNCC(C)C)cc1OC. The largest absolute Gasteiger partial charge is 0.493 e. The highest BCUT2D eigenvalue weighted by atomic mass is 79.9. The van der Waals surface area contributed by atoms with Crippen LogP contribution in [0.2, 0.25) is 0 Å². The van der Waals surface area contributed by atoms with Crippen molar-refractivity contribution in [1.82, 2.24) is 5.32 Å². The molecule has 6 heteroatoms. The smallest absolute Gasteiger partial charge is 0.343 e. The molecule has 0 heterocycles. The lowest BCUT2D eigenvalue weighted by Crippen LogP contribution is -2.19. The van der Waals surface area contributed by atoms with Crippen LogP contribution < -0.4 is 14.8 Å². The van der Waals surface area contributed by atoms with E-state index in [2.05, 4.69) is 39.8 Å². The Labute approximate surface area is 134 Å². The summed E-state index contributed by atoms with van der Waals surface area (Å²) in [5, 5.41) is 3.37. The summed E-state index contributed by atoms with van der Waals surface area (Å²) in [6, 6.07) is 3.84. The summed E-state index contributed by atoms with van der Waals surface area (Å²) in [5.74, 6) is 1.23. The van der Waals surface area contributed by atoms with Crippen molar-refractivity contribution in [2.75, 3.05) is 27.4 Å². The Morgan fingerprint density at radius 3 is 2.62 bits per heavy atom. The van der Waals surface area contributed by atoms with Gasteiger partial charge in [0.05, 0.1) is 18.7 Å². The normalized spacial score (nSPS) is 10.6. The molecule has 21 heavy (non-hydrogen) atoms. The van der Waals surface area contributed by atoms with Crippen molar-refractivity contribution < 1.29 is 19.0 Å². The molecule has 1 N–H and O–H groups in total. The topological polar surface area (TPSA) is 56.8 Å². The molecule has 0 aliphatic carbocycles. The van der Waals surface area contributed by atoms with Crippen LogP contribution in [0.4, 0.5) is 0 Å². The first-order chi connectivity index (χ1) is 9.97. The van der Waals surface area contributed by atoms with Gasteiger partial charge in [-0.3, -0.25) is 0 Å². The Hall–Kier alpha value is -1.27. The molecule has 118 valence electrons. The Bertz CT molecular complexity index is 477. The van der Waals surface area contributed by atoms with Crippen molar-refractivity contribution in [3.63, 3.8) is 0 Å². The van der Waals surface area contributed by atoms with E-state index in [0.29, 0.717) is 17.4 Å². The van der Waals surface area contributed by atoms with Crippen LogP contribution in [0.1, 0.15) is 19.4 Å². The molecule has 0 aliphatic rings. The van der Waals surface area contributed by atoms with Gasteiger partial charge in [0.2, 0.25) is 0 Å². The van der Waals surface area contributed by atoms with Gasteiger partial charge in [0.25, 0.3) is 0 Å². The van der Waals surface area contributed by atoms with Crippen LogP contribution in [0.5, 0.6) is 11.5 Å². The summed E-state index contributed by atoms with van der Waals surface area (Å²) >= 11 is 3.45. The summed E-state index contributed by atoms with van der Waals surface area (Å²) < 4.78 is 16.1. The van der Waals surface area contributed by atoms with Crippen LogP contribution in [-0.4, -0.2) is 33.3 Å². The molecule has 1 rings (SSSR count). The molecule has 1 aromatic carbocycles. The fraction of sp³-hybridized carbons (Fsp3) is 0.533. The highest BCUT2D eigenvalue weighted by molar-refractivity contribution is 9.10. The van der Waals surface area contributed by atoms with E-state index in [1.807, 2.05) is 12.1 Å². The van der Waals surface area contributed by atoms with Gasteiger partial charge in [-0.25, -0.2) is 4.79 Å². The van der Waals surface area contributed by atoms with Gasteiger partial charge in [0, 0.05) is 6.54 Å². The molecule has 0 aliphatic heterocycles. The molecule has 0 amide bonds. The maximum Gasteiger partial charge on any atom is 0.343 e. The fourth-order valence-electron chi connectivity index (χ4n) is 1.71. The standard InChI is InChI=1S/C15H22BrNO4/c1-10(2)7-17-8-11-5-12(16)15(13(6-11)19-3)21-9-14(18)20-4/h5-6,10,17H,7-9H2,1-4H3. The van der Waals surface area contributed by atoms with Crippen molar-refractivity contribution in [2.24, 2.45) is 5.92 Å². The Balaban J connectivity index is 2.79. The van der Waals surface area contributed by atoms with Crippen LogP contribution >= 0.6 is 15.9 Å².